The van der Waals surface area contributed by atoms with Gasteiger partial charge in [0.15, 0.2) is 5.01 Å². The van der Waals surface area contributed by atoms with E-state index in [9.17, 15) is 27.9 Å². The number of likely N-dealkylation sites (tertiary alicyclic amines) is 1. The monoisotopic (exact) mass is 551 g/mol. The fourth-order valence-corrected chi connectivity index (χ4v) is 6.09. The summed E-state index contributed by atoms with van der Waals surface area (Å²) in [5, 5.41) is 15.9. The SMILES string of the molecule is CC1CCCN1C(=O)c1nc(C(=O)NCC2(O)CCC2)sc1-c1cnc(N[C@@H](C)C2CC2)cc1C(F)(F)F. The molecule has 3 heterocycles. The van der Waals surface area contributed by atoms with E-state index in [1.165, 1.54) is 0 Å². The van der Waals surface area contributed by atoms with Crippen molar-refractivity contribution < 1.29 is 27.9 Å². The smallest absolute Gasteiger partial charge is 0.388 e. The van der Waals surface area contributed by atoms with Gasteiger partial charge < -0.3 is 20.6 Å². The van der Waals surface area contributed by atoms with E-state index in [0.29, 0.717) is 25.3 Å². The van der Waals surface area contributed by atoms with Crippen LogP contribution in [0.4, 0.5) is 19.0 Å². The van der Waals surface area contributed by atoms with Crippen LogP contribution in [0, 0.1) is 5.92 Å². The number of amides is 2. The van der Waals surface area contributed by atoms with Crippen molar-refractivity contribution in [1.82, 2.24) is 20.2 Å². The number of halogens is 3. The molecule has 3 fully saturated rings. The van der Waals surface area contributed by atoms with Crippen LogP contribution in [0.3, 0.4) is 0 Å². The highest BCUT2D eigenvalue weighted by Crippen LogP contribution is 2.42. The van der Waals surface area contributed by atoms with Gasteiger partial charge >= 0.3 is 6.18 Å². The maximum Gasteiger partial charge on any atom is 0.417 e. The van der Waals surface area contributed by atoms with Crippen molar-refractivity contribution in [3.8, 4) is 10.4 Å². The van der Waals surface area contributed by atoms with E-state index in [-0.39, 0.29) is 45.6 Å². The first kappa shape index (κ1) is 26.9. The minimum atomic E-state index is -4.72. The highest BCUT2D eigenvalue weighted by molar-refractivity contribution is 7.17. The minimum absolute atomic E-state index is 0.00702. The second-order valence-electron chi connectivity index (χ2n) is 10.8. The van der Waals surface area contributed by atoms with Gasteiger partial charge in [-0.2, -0.15) is 13.2 Å². The summed E-state index contributed by atoms with van der Waals surface area (Å²) in [4.78, 5) is 36.5. The van der Waals surface area contributed by atoms with Crippen LogP contribution in [0.15, 0.2) is 12.3 Å². The minimum Gasteiger partial charge on any atom is -0.388 e. The van der Waals surface area contributed by atoms with Gasteiger partial charge in [0, 0.05) is 36.9 Å². The van der Waals surface area contributed by atoms with E-state index in [0.717, 1.165) is 55.7 Å². The number of nitrogens with zero attached hydrogens (tertiary/aromatic N) is 3. The van der Waals surface area contributed by atoms with Gasteiger partial charge in [-0.3, -0.25) is 9.59 Å². The Balaban J connectivity index is 1.52. The summed E-state index contributed by atoms with van der Waals surface area (Å²) in [5.41, 5.74) is -2.39. The highest BCUT2D eigenvalue weighted by Gasteiger charge is 2.39. The molecule has 8 nitrogen and oxygen atoms in total. The Kier molecular flexibility index (Phi) is 7.14. The van der Waals surface area contributed by atoms with E-state index in [1.54, 1.807) is 4.90 Å². The average molecular weight is 552 g/mol. The molecular formula is C26H32F3N5O3S. The van der Waals surface area contributed by atoms with Crippen LogP contribution in [0.5, 0.6) is 0 Å². The number of carbonyl (C=O) groups is 2. The summed E-state index contributed by atoms with van der Waals surface area (Å²) in [7, 11) is 0. The molecule has 2 aromatic heterocycles. The van der Waals surface area contributed by atoms with Gasteiger partial charge in [0.25, 0.3) is 11.8 Å². The van der Waals surface area contributed by atoms with E-state index < -0.39 is 29.2 Å². The number of pyridine rings is 1. The van der Waals surface area contributed by atoms with Gasteiger partial charge in [0.1, 0.15) is 11.5 Å². The molecular weight excluding hydrogens is 519 g/mol. The summed E-state index contributed by atoms with van der Waals surface area (Å²) in [6.07, 6.45) is 2.00. The summed E-state index contributed by atoms with van der Waals surface area (Å²) < 4.78 is 42.9. The van der Waals surface area contributed by atoms with Crippen LogP contribution in [0.25, 0.3) is 10.4 Å². The zero-order valence-electron chi connectivity index (χ0n) is 21.4. The number of hydrogen-bond donors (Lipinski definition) is 3. The molecule has 0 aromatic carbocycles. The molecule has 38 heavy (non-hydrogen) atoms. The number of hydrogen-bond acceptors (Lipinski definition) is 7. The van der Waals surface area contributed by atoms with Gasteiger partial charge in [-0.05, 0) is 70.8 Å². The first-order valence-corrected chi connectivity index (χ1v) is 13.9. The maximum atomic E-state index is 14.3. The number of anilines is 1. The molecule has 5 rings (SSSR count). The molecule has 0 bridgehead atoms. The Morgan fingerprint density at radius 3 is 2.58 bits per heavy atom. The molecule has 1 aliphatic heterocycles. The van der Waals surface area contributed by atoms with E-state index in [4.69, 9.17) is 0 Å². The summed E-state index contributed by atoms with van der Waals surface area (Å²) >= 11 is 0.737. The lowest BCUT2D eigenvalue weighted by atomic mass is 9.80. The van der Waals surface area contributed by atoms with E-state index in [2.05, 4.69) is 20.6 Å². The molecule has 0 spiro atoms. The lowest BCUT2D eigenvalue weighted by Crippen LogP contribution is -2.47. The fraction of sp³-hybridized carbons (Fsp3) is 0.615. The number of alkyl halides is 3. The van der Waals surface area contributed by atoms with Crippen LogP contribution in [-0.4, -0.2) is 62.6 Å². The lowest BCUT2D eigenvalue weighted by molar-refractivity contribution is -0.137. The zero-order chi connectivity index (χ0) is 27.2. The molecule has 2 aromatic rings. The molecule has 3 aliphatic rings. The summed E-state index contributed by atoms with van der Waals surface area (Å²) in [6.45, 7) is 4.29. The number of carbonyl (C=O) groups excluding carboxylic acids is 2. The van der Waals surface area contributed by atoms with Gasteiger partial charge in [0.2, 0.25) is 0 Å². The Bertz CT molecular complexity index is 1230. The molecule has 2 amide bonds. The van der Waals surface area contributed by atoms with Crippen molar-refractivity contribution in [2.24, 2.45) is 5.92 Å². The Labute approximate surface area is 223 Å². The van der Waals surface area contributed by atoms with Crippen LogP contribution in [0.1, 0.15) is 84.6 Å². The third kappa shape index (κ3) is 5.51. The van der Waals surface area contributed by atoms with Crippen LogP contribution >= 0.6 is 11.3 Å². The van der Waals surface area contributed by atoms with Crippen molar-refractivity contribution in [2.45, 2.75) is 82.7 Å². The molecule has 1 unspecified atom stereocenters. The van der Waals surface area contributed by atoms with Gasteiger partial charge in [-0.15, -0.1) is 11.3 Å². The lowest BCUT2D eigenvalue weighted by Gasteiger charge is -2.36. The first-order chi connectivity index (χ1) is 17.9. The van der Waals surface area contributed by atoms with Crippen molar-refractivity contribution >= 4 is 29.0 Å². The number of nitrogens with one attached hydrogen (secondary N) is 2. The first-order valence-electron chi connectivity index (χ1n) is 13.1. The van der Waals surface area contributed by atoms with Crippen molar-refractivity contribution in [3.05, 3.63) is 28.5 Å². The predicted molar refractivity (Wildman–Crippen MR) is 137 cm³/mol. The maximum absolute atomic E-state index is 14.3. The van der Waals surface area contributed by atoms with Gasteiger partial charge in [-0.1, -0.05) is 0 Å². The normalized spacial score (nSPS) is 21.6. The topological polar surface area (TPSA) is 107 Å². The molecule has 0 radical (unpaired) electrons. The Morgan fingerprint density at radius 1 is 1.26 bits per heavy atom. The summed E-state index contributed by atoms with van der Waals surface area (Å²) in [5.74, 6) is -0.616. The average Bonchev–Trinajstić information content (AvgIpc) is 3.47. The Morgan fingerprint density at radius 2 is 2.00 bits per heavy atom. The molecule has 2 aliphatic carbocycles. The van der Waals surface area contributed by atoms with Crippen LogP contribution in [-0.2, 0) is 6.18 Å². The second-order valence-corrected chi connectivity index (χ2v) is 11.8. The number of aromatic nitrogens is 2. The molecule has 1 saturated heterocycles. The van der Waals surface area contributed by atoms with Crippen LogP contribution < -0.4 is 10.6 Å². The van der Waals surface area contributed by atoms with E-state index in [1.807, 2.05) is 13.8 Å². The van der Waals surface area contributed by atoms with Crippen molar-refractivity contribution in [2.75, 3.05) is 18.4 Å². The number of aliphatic hydroxyl groups is 1. The Hall–Kier alpha value is -2.73. The van der Waals surface area contributed by atoms with Gasteiger partial charge in [-0.25, -0.2) is 9.97 Å². The highest BCUT2D eigenvalue weighted by atomic mass is 32.1. The number of thiazole rings is 1. The van der Waals surface area contributed by atoms with Crippen molar-refractivity contribution in [3.63, 3.8) is 0 Å². The van der Waals surface area contributed by atoms with E-state index >= 15 is 0 Å². The molecule has 3 N–H and O–H groups in total. The predicted octanol–water partition coefficient (Wildman–Crippen LogP) is 4.70. The quantitative estimate of drug-likeness (QED) is 0.439. The fourth-order valence-electron chi connectivity index (χ4n) is 5.09. The zero-order valence-corrected chi connectivity index (χ0v) is 22.2. The standard InChI is InChI=1S/C26H32F3N5O3S/c1-14-5-3-10-34(14)24(36)20-21(38-23(33-20)22(35)31-13-25(37)8-4-9-25)17-12-30-19(11-18(17)26(27,28)29)32-15(2)16-6-7-16/h11-12,14-16,37H,3-10,13H2,1-2H3,(H,30,32)(H,31,35)/t14?,15-/m0/s1. The molecule has 206 valence electrons. The van der Waals surface area contributed by atoms with Gasteiger partial charge in [0.05, 0.1) is 16.0 Å². The third-order valence-corrected chi connectivity index (χ3v) is 8.95. The summed E-state index contributed by atoms with van der Waals surface area (Å²) in [6, 6.07) is 0.872. The largest absolute Gasteiger partial charge is 0.417 e. The molecule has 2 saturated carbocycles. The molecule has 12 heteroatoms. The second kappa shape index (κ2) is 10.1. The molecule has 2 atom stereocenters. The van der Waals surface area contributed by atoms with Crippen LogP contribution in [0.2, 0.25) is 0 Å². The van der Waals surface area contributed by atoms with Crippen molar-refractivity contribution in [1.29, 1.82) is 0 Å². The number of rotatable bonds is 8. The third-order valence-electron chi connectivity index (χ3n) is 7.86.